The highest BCUT2D eigenvalue weighted by atomic mass is 32.2. The molecular formula is C27H34FN7OS2. The molecule has 1 saturated carbocycles. The van der Waals surface area contributed by atoms with Gasteiger partial charge in [0, 0.05) is 37.3 Å². The Morgan fingerprint density at radius 3 is 2.71 bits per heavy atom. The topological polar surface area (TPSA) is 77.9 Å². The number of benzene rings is 1. The summed E-state index contributed by atoms with van der Waals surface area (Å²) in [7, 11) is 0. The van der Waals surface area contributed by atoms with E-state index >= 15 is 0 Å². The van der Waals surface area contributed by atoms with Crippen molar-refractivity contribution in [2.45, 2.75) is 42.5 Å². The number of fused-ring (bicyclic) bond motifs is 1. The van der Waals surface area contributed by atoms with Crippen LogP contribution in [-0.4, -0.2) is 64.0 Å². The largest absolute Gasteiger partial charge is 0.379 e. The maximum Gasteiger partial charge on any atom is 0.154 e. The third-order valence-electron chi connectivity index (χ3n) is 6.96. The van der Waals surface area contributed by atoms with Crippen molar-refractivity contribution in [3.05, 3.63) is 54.2 Å². The van der Waals surface area contributed by atoms with Crippen LogP contribution in [0.3, 0.4) is 0 Å². The SMILES string of the molecule is FN(/C=N/NC(S)C1CCCC1)Sc1ccc2ncc(Nc3ccc(CCN4CCOCC4)cc3)cc2n1. The number of morpholine rings is 1. The Morgan fingerprint density at radius 2 is 1.92 bits per heavy atom. The number of halogens is 1. The van der Waals surface area contributed by atoms with Crippen LogP contribution in [0, 0.1) is 5.92 Å². The molecule has 0 bridgehead atoms. The standard InChI is InChI=1S/C27H34FN7OS2/c28-35(19-30-33-27(37)21-3-1-2-4-21)38-26-10-9-24-25(32-26)17-23(18-29-24)31-22-7-5-20(6-8-22)11-12-34-13-15-36-16-14-34/h5-10,17-19,21,27,31,33,37H,1-4,11-16H2/b30-19+. The van der Waals surface area contributed by atoms with Crippen LogP contribution >= 0.6 is 24.6 Å². The number of rotatable bonds is 11. The van der Waals surface area contributed by atoms with Gasteiger partial charge in [0.15, 0.2) is 6.34 Å². The van der Waals surface area contributed by atoms with Gasteiger partial charge < -0.3 is 10.1 Å². The Hall–Kier alpha value is -2.60. The lowest BCUT2D eigenvalue weighted by atomic mass is 10.1. The van der Waals surface area contributed by atoms with Gasteiger partial charge in [0.1, 0.15) is 5.03 Å². The molecule has 11 heteroatoms. The number of nitrogens with one attached hydrogen (secondary N) is 2. The van der Waals surface area contributed by atoms with Crippen molar-refractivity contribution in [2.24, 2.45) is 11.0 Å². The van der Waals surface area contributed by atoms with Gasteiger partial charge in [-0.2, -0.15) is 17.7 Å². The second-order valence-electron chi connectivity index (χ2n) is 9.66. The summed E-state index contributed by atoms with van der Waals surface area (Å²) in [6.45, 7) is 4.71. The number of anilines is 2. The van der Waals surface area contributed by atoms with E-state index in [1.54, 1.807) is 12.3 Å². The summed E-state index contributed by atoms with van der Waals surface area (Å²) in [5.74, 6) is 0.479. The summed E-state index contributed by atoms with van der Waals surface area (Å²) in [6.07, 6.45) is 8.62. The third kappa shape index (κ3) is 7.72. The van der Waals surface area contributed by atoms with Crippen LogP contribution in [0.2, 0.25) is 0 Å². The molecule has 38 heavy (non-hydrogen) atoms. The molecule has 3 heterocycles. The predicted octanol–water partition coefficient (Wildman–Crippen LogP) is 5.42. The average molecular weight is 556 g/mol. The van der Waals surface area contributed by atoms with Crippen LogP contribution in [0.15, 0.2) is 58.8 Å². The van der Waals surface area contributed by atoms with Crippen LogP contribution in [0.1, 0.15) is 31.2 Å². The molecule has 2 aliphatic rings. The summed E-state index contributed by atoms with van der Waals surface area (Å²) in [6, 6.07) is 14.0. The Balaban J connectivity index is 1.14. The van der Waals surface area contributed by atoms with E-state index in [0.29, 0.717) is 21.0 Å². The molecule has 0 radical (unpaired) electrons. The van der Waals surface area contributed by atoms with Gasteiger partial charge in [-0.3, -0.25) is 15.3 Å². The van der Waals surface area contributed by atoms with Crippen molar-refractivity contribution >= 4 is 53.3 Å². The lowest BCUT2D eigenvalue weighted by Gasteiger charge is -2.26. The molecule has 1 aliphatic heterocycles. The van der Waals surface area contributed by atoms with Crippen LogP contribution in [-0.2, 0) is 11.2 Å². The van der Waals surface area contributed by atoms with Crippen LogP contribution in [0.4, 0.5) is 15.9 Å². The maximum absolute atomic E-state index is 14.4. The first-order valence-corrected chi connectivity index (χ1v) is 14.4. The molecule has 0 amide bonds. The van der Waals surface area contributed by atoms with Gasteiger partial charge in [0.05, 0.1) is 41.5 Å². The molecule has 8 nitrogen and oxygen atoms in total. The fraction of sp³-hybridized carbons (Fsp3) is 0.444. The van der Waals surface area contributed by atoms with E-state index in [0.717, 1.165) is 87.3 Å². The van der Waals surface area contributed by atoms with Crippen molar-refractivity contribution in [1.29, 1.82) is 0 Å². The first-order chi connectivity index (χ1) is 18.6. The van der Waals surface area contributed by atoms with Crippen molar-refractivity contribution in [1.82, 2.24) is 24.8 Å². The van der Waals surface area contributed by atoms with Gasteiger partial charge in [-0.1, -0.05) is 29.5 Å². The molecule has 2 fully saturated rings. The third-order valence-corrected chi connectivity index (χ3v) is 8.18. The van der Waals surface area contributed by atoms with Crippen molar-refractivity contribution in [3.8, 4) is 0 Å². The number of pyridine rings is 2. The number of hydrogen-bond acceptors (Lipinski definition) is 9. The summed E-state index contributed by atoms with van der Waals surface area (Å²) in [4.78, 5) is 11.5. The summed E-state index contributed by atoms with van der Waals surface area (Å²) < 4.78 is 20.2. The van der Waals surface area contributed by atoms with Crippen LogP contribution < -0.4 is 10.7 Å². The van der Waals surface area contributed by atoms with Crippen molar-refractivity contribution in [2.75, 3.05) is 38.2 Å². The first-order valence-electron chi connectivity index (χ1n) is 13.1. The second-order valence-corrected chi connectivity index (χ2v) is 11.2. The highest BCUT2D eigenvalue weighted by Gasteiger charge is 2.21. The van der Waals surface area contributed by atoms with E-state index in [4.69, 9.17) is 4.74 Å². The lowest BCUT2D eigenvalue weighted by molar-refractivity contribution is 0.0384. The normalized spacial score (nSPS) is 17.7. The first kappa shape index (κ1) is 27.0. The van der Waals surface area contributed by atoms with E-state index in [-0.39, 0.29) is 5.37 Å². The fourth-order valence-corrected chi connectivity index (χ4v) is 5.69. The fourth-order valence-electron chi connectivity index (χ4n) is 4.79. The minimum atomic E-state index is -0.0609. The van der Waals surface area contributed by atoms with E-state index in [9.17, 15) is 4.48 Å². The predicted molar refractivity (Wildman–Crippen MR) is 155 cm³/mol. The van der Waals surface area contributed by atoms with E-state index in [2.05, 4.69) is 67.6 Å². The molecule has 2 aromatic heterocycles. The molecule has 1 aromatic carbocycles. The Kier molecular flexibility index (Phi) is 9.56. The molecule has 202 valence electrons. The number of hydrazone groups is 1. The van der Waals surface area contributed by atoms with Crippen molar-refractivity contribution in [3.63, 3.8) is 0 Å². The minimum Gasteiger partial charge on any atom is -0.379 e. The Bertz CT molecular complexity index is 1200. The molecule has 1 unspecified atom stereocenters. The number of aromatic nitrogens is 2. The van der Waals surface area contributed by atoms with Gasteiger partial charge >= 0.3 is 0 Å². The van der Waals surface area contributed by atoms with Gasteiger partial charge in [-0.15, -0.1) is 4.53 Å². The zero-order valence-electron chi connectivity index (χ0n) is 21.3. The molecule has 1 atom stereocenters. The van der Waals surface area contributed by atoms with Gasteiger partial charge in [-0.25, -0.2) is 4.98 Å². The smallest absolute Gasteiger partial charge is 0.154 e. The van der Waals surface area contributed by atoms with Gasteiger partial charge in [0.25, 0.3) is 0 Å². The monoisotopic (exact) mass is 555 g/mol. The number of thiol groups is 1. The summed E-state index contributed by atoms with van der Waals surface area (Å²) in [5.41, 5.74) is 7.45. The van der Waals surface area contributed by atoms with Crippen molar-refractivity contribution < 1.29 is 9.22 Å². The highest BCUT2D eigenvalue weighted by molar-refractivity contribution is 7.97. The lowest BCUT2D eigenvalue weighted by Crippen LogP contribution is -2.37. The Labute approximate surface area is 232 Å². The quantitative estimate of drug-likeness (QED) is 0.0551. The molecule has 5 rings (SSSR count). The van der Waals surface area contributed by atoms with E-state index < -0.39 is 0 Å². The molecular weight excluding hydrogens is 521 g/mol. The second kappa shape index (κ2) is 13.5. The van der Waals surface area contributed by atoms with Crippen LogP contribution in [0.5, 0.6) is 0 Å². The average Bonchev–Trinajstić information content (AvgIpc) is 3.48. The zero-order valence-corrected chi connectivity index (χ0v) is 23.0. The number of nitrogens with zero attached hydrogens (tertiary/aromatic N) is 5. The van der Waals surface area contributed by atoms with E-state index in [1.807, 2.05) is 12.1 Å². The van der Waals surface area contributed by atoms with Gasteiger partial charge in [0.2, 0.25) is 0 Å². The van der Waals surface area contributed by atoms with Crippen LogP contribution in [0.25, 0.3) is 11.0 Å². The Morgan fingerprint density at radius 1 is 1.13 bits per heavy atom. The molecule has 0 spiro atoms. The zero-order chi connectivity index (χ0) is 26.2. The molecule has 1 aliphatic carbocycles. The summed E-state index contributed by atoms with van der Waals surface area (Å²) in [5, 5.41) is 7.84. The summed E-state index contributed by atoms with van der Waals surface area (Å²) >= 11 is 5.39. The number of ether oxygens (including phenoxy) is 1. The number of hydrogen-bond donors (Lipinski definition) is 3. The van der Waals surface area contributed by atoms with E-state index in [1.165, 1.54) is 18.4 Å². The minimum absolute atomic E-state index is 0.0609. The van der Waals surface area contributed by atoms with Gasteiger partial charge in [-0.05, 0) is 61.1 Å². The molecule has 2 N–H and O–H groups in total. The molecule has 3 aromatic rings. The highest BCUT2D eigenvalue weighted by Crippen LogP contribution is 2.29. The maximum atomic E-state index is 14.4. The molecule has 1 saturated heterocycles.